The van der Waals surface area contributed by atoms with Crippen molar-refractivity contribution in [3.05, 3.63) is 18.1 Å². The fraction of sp³-hybridized carbons (Fsp3) is 0.630. The van der Waals surface area contributed by atoms with Crippen LogP contribution in [0.3, 0.4) is 0 Å². The number of nitrogens with zero attached hydrogens (tertiary/aromatic N) is 2. The first kappa shape index (κ1) is 41.5. The standard InChI is InChI=1S/C27H38N4O18P2S/c1-11(32)41-8-17-24(45-14(4)35)22(37)25(19(44-13(3)34)9-42-12(2)33)47-27(17)48-50(38,39)49-51(40,52)43-7-15-5-18(36)23(46-15)16-6-29-21-20(16)30-10-31-26(21)28/h6,10,15,17-19,22-25,27,29,36-37H,5,7-9H2,1-4H3,(H,38,39)(H,40,52)(H2,28,30,31)/t15-,17?,18+,19-,22?,23-,24?,25?,27?,51?/m0/s1. The van der Waals surface area contributed by atoms with E-state index in [9.17, 15) is 43.4 Å². The number of esters is 4. The molecular weight excluding hydrogens is 762 g/mol. The first-order valence-corrected chi connectivity index (χ1v) is 19.5. The summed E-state index contributed by atoms with van der Waals surface area (Å²) in [5, 5.41) is 21.9. The minimum absolute atomic E-state index is 0.0369. The molecule has 0 bridgehead atoms. The lowest BCUT2D eigenvalue weighted by Gasteiger charge is -2.45. The predicted molar refractivity (Wildman–Crippen MR) is 174 cm³/mol. The number of fused-ring (bicyclic) bond motifs is 1. The van der Waals surface area contributed by atoms with Gasteiger partial charge in [0.1, 0.15) is 49.5 Å². The maximum Gasteiger partial charge on any atom is 0.482 e. The predicted octanol–water partition coefficient (Wildman–Crippen LogP) is 0.611. The SMILES string of the molecule is CC(=O)OCC1C(OP(=O)(O)OP(=O)(S)OC[C@@H]2C[C@@H](O)[C@H](c3c[nH]c4c(N)ncnc34)O2)OC([C@H](COC(C)=O)OC(C)=O)C(O)C1OC(C)=O. The second-order valence-electron chi connectivity index (χ2n) is 11.6. The van der Waals surface area contributed by atoms with Crippen LogP contribution in [0, 0.1) is 5.92 Å². The van der Waals surface area contributed by atoms with Crippen molar-refractivity contribution < 1.29 is 85.2 Å². The largest absolute Gasteiger partial charge is 0.482 e. The highest BCUT2D eigenvalue weighted by molar-refractivity contribution is 8.45. The van der Waals surface area contributed by atoms with Gasteiger partial charge in [-0.1, -0.05) is 12.2 Å². The number of aliphatic hydroxyl groups is 2. The van der Waals surface area contributed by atoms with Crippen LogP contribution in [0.15, 0.2) is 12.5 Å². The molecule has 25 heteroatoms. The Hall–Kier alpha value is -3.21. The van der Waals surface area contributed by atoms with Crippen LogP contribution in [0.25, 0.3) is 11.0 Å². The van der Waals surface area contributed by atoms with E-state index in [1.54, 1.807) is 0 Å². The Bertz CT molecular complexity index is 1730. The molecule has 7 unspecified atom stereocenters. The summed E-state index contributed by atoms with van der Waals surface area (Å²) in [7, 11) is -5.59. The number of ether oxygens (including phenoxy) is 6. The number of carbonyl (C=O) groups is 4. The van der Waals surface area contributed by atoms with Gasteiger partial charge in [-0.05, 0) is 0 Å². The molecule has 2 aromatic rings. The fourth-order valence-corrected chi connectivity index (χ4v) is 8.74. The Kier molecular flexibility index (Phi) is 13.8. The third kappa shape index (κ3) is 10.9. The lowest BCUT2D eigenvalue weighted by Crippen LogP contribution is -2.62. The molecule has 2 fully saturated rings. The number of nitrogen functional groups attached to an aromatic ring is 1. The third-order valence-electron chi connectivity index (χ3n) is 7.54. The van der Waals surface area contributed by atoms with E-state index in [1.807, 2.05) is 0 Å². The number of phosphoric acid groups is 1. The van der Waals surface area contributed by atoms with Crippen LogP contribution in [-0.2, 0) is 70.1 Å². The number of H-pyrrole nitrogens is 1. The Morgan fingerprint density at radius 1 is 1.04 bits per heavy atom. The molecule has 0 spiro atoms. The van der Waals surface area contributed by atoms with Crippen molar-refractivity contribution in [1.29, 1.82) is 0 Å². The molecule has 52 heavy (non-hydrogen) atoms. The zero-order valence-corrected chi connectivity index (χ0v) is 30.6. The van der Waals surface area contributed by atoms with Gasteiger partial charge in [0.25, 0.3) is 0 Å². The molecule has 0 saturated carbocycles. The Labute approximate surface area is 300 Å². The van der Waals surface area contributed by atoms with E-state index in [1.165, 1.54) is 12.5 Å². The summed E-state index contributed by atoms with van der Waals surface area (Å²) in [5.41, 5.74) is 7.12. The maximum absolute atomic E-state index is 13.3. The van der Waals surface area contributed by atoms with E-state index in [4.69, 9.17) is 47.5 Å². The average Bonchev–Trinajstić information content (AvgIpc) is 3.61. The number of thiol groups is 1. The van der Waals surface area contributed by atoms with Gasteiger partial charge in [-0.25, -0.2) is 19.1 Å². The molecule has 0 radical (unpaired) electrons. The first-order chi connectivity index (χ1) is 24.3. The van der Waals surface area contributed by atoms with Crippen molar-refractivity contribution >= 4 is 67.6 Å². The number of aromatic nitrogens is 3. The zero-order valence-electron chi connectivity index (χ0n) is 28.0. The molecule has 0 amide bonds. The molecule has 2 aliphatic rings. The molecule has 2 aliphatic heterocycles. The average molecular weight is 801 g/mol. The number of hydrogen-bond donors (Lipinski definition) is 6. The molecule has 2 saturated heterocycles. The lowest BCUT2D eigenvalue weighted by atomic mass is 9.89. The van der Waals surface area contributed by atoms with Gasteiger partial charge in [-0.3, -0.25) is 28.2 Å². The monoisotopic (exact) mass is 800 g/mol. The molecule has 4 rings (SSSR count). The van der Waals surface area contributed by atoms with Gasteiger partial charge in [0.15, 0.2) is 18.2 Å². The van der Waals surface area contributed by atoms with E-state index >= 15 is 0 Å². The van der Waals surface area contributed by atoms with Crippen molar-refractivity contribution in [3.63, 3.8) is 0 Å². The quantitative estimate of drug-likeness (QED) is 0.0622. The topological polar surface area (TPSA) is 314 Å². The normalized spacial score (nSPS) is 29.0. The van der Waals surface area contributed by atoms with Crippen molar-refractivity contribution in [2.45, 2.75) is 83.1 Å². The number of rotatable bonds is 15. The Morgan fingerprint density at radius 3 is 2.37 bits per heavy atom. The minimum atomic E-state index is -5.59. The Balaban J connectivity index is 1.50. The first-order valence-electron chi connectivity index (χ1n) is 15.3. The second kappa shape index (κ2) is 17.3. The summed E-state index contributed by atoms with van der Waals surface area (Å²) in [5.74, 6) is -4.96. The molecule has 290 valence electrons. The number of anilines is 1. The van der Waals surface area contributed by atoms with E-state index in [2.05, 4.69) is 27.2 Å². The number of nitrogens with two attached hydrogens (primary N) is 1. The van der Waals surface area contributed by atoms with Gasteiger partial charge in [0, 0.05) is 45.9 Å². The minimum Gasteiger partial charge on any atom is -0.465 e. The number of phosphoric ester groups is 1. The summed E-state index contributed by atoms with van der Waals surface area (Å²) >= 11 is 3.76. The highest BCUT2D eigenvalue weighted by atomic mass is 32.7. The van der Waals surface area contributed by atoms with Gasteiger partial charge in [0.05, 0.1) is 30.2 Å². The van der Waals surface area contributed by atoms with Crippen LogP contribution in [0.1, 0.15) is 45.8 Å². The van der Waals surface area contributed by atoms with Gasteiger partial charge >= 0.3 is 38.5 Å². The number of aliphatic hydroxyl groups excluding tert-OH is 2. The molecule has 4 heterocycles. The van der Waals surface area contributed by atoms with Crippen LogP contribution >= 0.6 is 26.9 Å². The van der Waals surface area contributed by atoms with E-state index in [0.29, 0.717) is 16.6 Å². The van der Waals surface area contributed by atoms with E-state index in [-0.39, 0.29) is 12.2 Å². The van der Waals surface area contributed by atoms with Crippen molar-refractivity contribution in [3.8, 4) is 0 Å². The highest BCUT2D eigenvalue weighted by Gasteiger charge is 2.54. The number of hydrogen-bond acceptors (Lipinski definition) is 20. The second-order valence-corrected chi connectivity index (χ2v) is 16.0. The summed E-state index contributed by atoms with van der Waals surface area (Å²) in [6.45, 7) is -2.79. The van der Waals surface area contributed by atoms with Crippen molar-refractivity contribution in [2.75, 3.05) is 25.6 Å². The zero-order chi connectivity index (χ0) is 38.5. The van der Waals surface area contributed by atoms with Gasteiger partial charge in [-0.15, -0.1) is 0 Å². The molecule has 6 N–H and O–H groups in total. The summed E-state index contributed by atoms with van der Waals surface area (Å²) in [6, 6.07) is 0. The van der Waals surface area contributed by atoms with Gasteiger partial charge in [0.2, 0.25) is 0 Å². The van der Waals surface area contributed by atoms with E-state index in [0.717, 1.165) is 27.7 Å². The Morgan fingerprint density at radius 2 is 1.73 bits per heavy atom. The van der Waals surface area contributed by atoms with Crippen LogP contribution in [0.5, 0.6) is 0 Å². The van der Waals surface area contributed by atoms with Gasteiger partial charge in [-0.2, -0.15) is 4.31 Å². The third-order valence-corrected chi connectivity index (χ3v) is 11.1. The molecule has 22 nitrogen and oxygen atoms in total. The van der Waals surface area contributed by atoms with Crippen LogP contribution in [0.2, 0.25) is 0 Å². The smallest absolute Gasteiger partial charge is 0.465 e. The molecule has 2 aromatic heterocycles. The number of aromatic amines is 1. The van der Waals surface area contributed by atoms with Crippen molar-refractivity contribution in [2.24, 2.45) is 5.92 Å². The van der Waals surface area contributed by atoms with E-state index < -0.39 is 113 Å². The summed E-state index contributed by atoms with van der Waals surface area (Å²) < 4.78 is 73.3. The van der Waals surface area contributed by atoms with Crippen molar-refractivity contribution in [1.82, 2.24) is 15.0 Å². The van der Waals surface area contributed by atoms with Gasteiger partial charge < -0.3 is 54.2 Å². The molecular formula is C27H38N4O18P2S. The van der Waals surface area contributed by atoms with Crippen LogP contribution < -0.4 is 5.73 Å². The molecule has 11 atom stereocenters. The highest BCUT2D eigenvalue weighted by Crippen LogP contribution is 2.66. The fourth-order valence-electron chi connectivity index (χ4n) is 5.50. The number of nitrogens with one attached hydrogen (secondary N) is 1. The van der Waals surface area contributed by atoms with Crippen LogP contribution in [0.4, 0.5) is 5.82 Å². The maximum atomic E-state index is 13.3. The number of carbonyl (C=O) groups excluding carboxylic acids is 4. The van der Waals surface area contributed by atoms with Crippen LogP contribution in [-0.4, -0.2) is 117 Å². The summed E-state index contributed by atoms with van der Waals surface area (Å²) in [6.07, 6.45) is -9.31. The lowest BCUT2D eigenvalue weighted by molar-refractivity contribution is -0.287. The molecule has 0 aromatic carbocycles. The summed E-state index contributed by atoms with van der Waals surface area (Å²) in [4.78, 5) is 68.7. The molecule has 0 aliphatic carbocycles.